The summed E-state index contributed by atoms with van der Waals surface area (Å²) >= 11 is 11.0. The first-order valence-electron chi connectivity index (χ1n) is 6.86. The highest BCUT2D eigenvalue weighted by Crippen LogP contribution is 2.31. The minimum Gasteiger partial charge on any atom is -0.389 e. The SMILES string of the molecule is CC(C)C1CCCN1S(=O)(=O)c1ccc(C(N)=S)c(Cl)c1. The first kappa shape index (κ1) is 16.7. The third-order valence-corrected chi connectivity index (χ3v) is 6.28. The van der Waals surface area contributed by atoms with Gasteiger partial charge in [0.2, 0.25) is 10.0 Å². The van der Waals surface area contributed by atoms with Crippen LogP contribution in [0.3, 0.4) is 0 Å². The van der Waals surface area contributed by atoms with Gasteiger partial charge in [0.15, 0.2) is 0 Å². The van der Waals surface area contributed by atoms with Crippen LogP contribution in [0.25, 0.3) is 0 Å². The Bertz CT molecular complexity index is 659. The van der Waals surface area contributed by atoms with Crippen molar-refractivity contribution in [3.05, 3.63) is 28.8 Å². The molecule has 1 aliphatic rings. The van der Waals surface area contributed by atoms with Crippen LogP contribution in [-0.4, -0.2) is 30.3 Å². The molecule has 0 radical (unpaired) electrons. The Hall–Kier alpha value is -0.690. The molecular weight excluding hydrogens is 328 g/mol. The molecule has 0 saturated carbocycles. The minimum atomic E-state index is -3.53. The van der Waals surface area contributed by atoms with Gasteiger partial charge in [-0.25, -0.2) is 8.42 Å². The van der Waals surface area contributed by atoms with Gasteiger partial charge in [0.05, 0.1) is 9.92 Å². The van der Waals surface area contributed by atoms with E-state index in [2.05, 4.69) is 0 Å². The maximum atomic E-state index is 12.8. The van der Waals surface area contributed by atoms with Gasteiger partial charge in [-0.15, -0.1) is 0 Å². The molecule has 0 bridgehead atoms. The molecule has 4 nitrogen and oxygen atoms in total. The van der Waals surface area contributed by atoms with E-state index in [0.29, 0.717) is 12.1 Å². The monoisotopic (exact) mass is 346 g/mol. The van der Waals surface area contributed by atoms with Crippen molar-refractivity contribution in [2.24, 2.45) is 11.7 Å². The van der Waals surface area contributed by atoms with E-state index in [9.17, 15) is 8.42 Å². The molecule has 1 heterocycles. The van der Waals surface area contributed by atoms with Crippen molar-refractivity contribution in [3.8, 4) is 0 Å². The maximum Gasteiger partial charge on any atom is 0.243 e. The molecule has 21 heavy (non-hydrogen) atoms. The normalized spacial score (nSPS) is 20.1. The molecular formula is C14H19ClN2O2S2. The maximum absolute atomic E-state index is 12.8. The molecule has 1 unspecified atom stereocenters. The van der Waals surface area contributed by atoms with E-state index in [0.717, 1.165) is 12.8 Å². The van der Waals surface area contributed by atoms with Gasteiger partial charge in [-0.1, -0.05) is 37.7 Å². The lowest BCUT2D eigenvalue weighted by Crippen LogP contribution is -2.38. The summed E-state index contributed by atoms with van der Waals surface area (Å²) < 4.78 is 27.2. The average Bonchev–Trinajstić information content (AvgIpc) is 2.88. The lowest BCUT2D eigenvalue weighted by molar-refractivity contribution is 0.316. The Morgan fingerprint density at radius 3 is 2.67 bits per heavy atom. The summed E-state index contributed by atoms with van der Waals surface area (Å²) in [5.74, 6) is 0.286. The number of hydrogen-bond donors (Lipinski definition) is 1. The number of nitrogens with zero attached hydrogens (tertiary/aromatic N) is 1. The van der Waals surface area contributed by atoms with Crippen LogP contribution in [0.1, 0.15) is 32.3 Å². The topological polar surface area (TPSA) is 63.4 Å². The van der Waals surface area contributed by atoms with Gasteiger partial charge in [0.25, 0.3) is 0 Å². The Balaban J connectivity index is 2.40. The molecule has 0 amide bonds. The number of nitrogens with two attached hydrogens (primary N) is 1. The zero-order chi connectivity index (χ0) is 15.8. The lowest BCUT2D eigenvalue weighted by Gasteiger charge is -2.27. The number of hydrogen-bond acceptors (Lipinski definition) is 3. The van der Waals surface area contributed by atoms with Crippen LogP contribution in [-0.2, 0) is 10.0 Å². The van der Waals surface area contributed by atoms with Crippen LogP contribution in [0.15, 0.2) is 23.1 Å². The van der Waals surface area contributed by atoms with E-state index in [4.69, 9.17) is 29.6 Å². The molecule has 2 rings (SSSR count). The summed E-state index contributed by atoms with van der Waals surface area (Å²) in [7, 11) is -3.53. The van der Waals surface area contributed by atoms with E-state index in [-0.39, 0.29) is 26.9 Å². The van der Waals surface area contributed by atoms with Crippen LogP contribution in [0, 0.1) is 5.92 Å². The van der Waals surface area contributed by atoms with Crippen LogP contribution >= 0.6 is 23.8 Å². The molecule has 1 fully saturated rings. The van der Waals surface area contributed by atoms with Crippen molar-refractivity contribution in [1.29, 1.82) is 0 Å². The summed E-state index contributed by atoms with van der Waals surface area (Å²) in [4.78, 5) is 0.352. The molecule has 0 aliphatic carbocycles. The highest BCUT2D eigenvalue weighted by molar-refractivity contribution is 7.89. The van der Waals surface area contributed by atoms with Gasteiger partial charge in [-0.2, -0.15) is 4.31 Å². The lowest BCUT2D eigenvalue weighted by atomic mass is 10.0. The van der Waals surface area contributed by atoms with E-state index < -0.39 is 10.0 Å². The number of rotatable bonds is 4. The minimum absolute atomic E-state index is 0.0454. The van der Waals surface area contributed by atoms with Gasteiger partial charge in [0.1, 0.15) is 4.99 Å². The molecule has 2 N–H and O–H groups in total. The molecule has 0 spiro atoms. The fourth-order valence-corrected chi connectivity index (χ4v) is 5.16. The van der Waals surface area contributed by atoms with Crippen LogP contribution in [0.2, 0.25) is 5.02 Å². The van der Waals surface area contributed by atoms with E-state index in [1.54, 1.807) is 10.4 Å². The molecule has 1 saturated heterocycles. The summed E-state index contributed by atoms with van der Waals surface area (Å²) in [5.41, 5.74) is 6.04. The standard InChI is InChI=1S/C14H19ClN2O2S2/c1-9(2)13-4-3-7-17(13)21(18,19)10-5-6-11(14(16)20)12(15)8-10/h5-6,8-9,13H,3-4,7H2,1-2H3,(H2,16,20). The highest BCUT2D eigenvalue weighted by Gasteiger charge is 2.36. The van der Waals surface area contributed by atoms with E-state index in [1.165, 1.54) is 12.1 Å². The third-order valence-electron chi connectivity index (χ3n) is 3.83. The fraction of sp³-hybridized carbons (Fsp3) is 0.500. The number of halogens is 1. The van der Waals surface area contributed by atoms with Crippen molar-refractivity contribution in [2.75, 3.05) is 6.54 Å². The van der Waals surface area contributed by atoms with Gasteiger partial charge < -0.3 is 5.73 Å². The second-order valence-corrected chi connectivity index (χ2v) is 8.31. The molecule has 0 aromatic heterocycles. The van der Waals surface area contributed by atoms with Gasteiger partial charge in [-0.05, 0) is 37.0 Å². The molecule has 7 heteroatoms. The van der Waals surface area contributed by atoms with Gasteiger partial charge in [-0.3, -0.25) is 0 Å². The second kappa shape index (κ2) is 6.20. The Kier molecular flexibility index (Phi) is 4.92. The summed E-state index contributed by atoms with van der Waals surface area (Å²) in [6, 6.07) is 4.56. The van der Waals surface area contributed by atoms with E-state index >= 15 is 0 Å². The average molecular weight is 347 g/mol. The van der Waals surface area contributed by atoms with E-state index in [1.807, 2.05) is 13.8 Å². The molecule has 1 aromatic rings. The highest BCUT2D eigenvalue weighted by atomic mass is 35.5. The van der Waals surface area contributed by atoms with Crippen molar-refractivity contribution in [3.63, 3.8) is 0 Å². The molecule has 116 valence electrons. The van der Waals surface area contributed by atoms with Crippen LogP contribution in [0.4, 0.5) is 0 Å². The predicted molar refractivity (Wildman–Crippen MR) is 89.1 cm³/mol. The second-order valence-electron chi connectivity index (χ2n) is 5.58. The Labute approximate surface area is 136 Å². The van der Waals surface area contributed by atoms with Crippen molar-refractivity contribution in [2.45, 2.75) is 37.6 Å². The van der Waals surface area contributed by atoms with Crippen LogP contribution in [0.5, 0.6) is 0 Å². The smallest absolute Gasteiger partial charge is 0.243 e. The first-order chi connectivity index (χ1) is 9.75. The summed E-state index contributed by atoms with van der Waals surface area (Å²) in [6.07, 6.45) is 1.79. The van der Waals surface area contributed by atoms with Crippen molar-refractivity contribution < 1.29 is 8.42 Å². The Morgan fingerprint density at radius 1 is 1.48 bits per heavy atom. The summed E-state index contributed by atoms with van der Waals surface area (Å²) in [5, 5.41) is 0.267. The molecule has 1 atom stereocenters. The predicted octanol–water partition coefficient (Wildman–Crippen LogP) is 2.78. The zero-order valence-electron chi connectivity index (χ0n) is 12.0. The summed E-state index contributed by atoms with van der Waals surface area (Å²) in [6.45, 7) is 4.64. The van der Waals surface area contributed by atoms with Crippen molar-refractivity contribution >= 4 is 38.8 Å². The molecule has 1 aliphatic heterocycles. The first-order valence-corrected chi connectivity index (χ1v) is 9.09. The third kappa shape index (κ3) is 3.23. The zero-order valence-corrected chi connectivity index (χ0v) is 14.4. The number of sulfonamides is 1. The fourth-order valence-electron chi connectivity index (χ4n) is 2.72. The van der Waals surface area contributed by atoms with Crippen molar-refractivity contribution in [1.82, 2.24) is 4.31 Å². The van der Waals surface area contributed by atoms with Crippen LogP contribution < -0.4 is 5.73 Å². The Morgan fingerprint density at radius 2 is 2.14 bits per heavy atom. The quantitative estimate of drug-likeness (QED) is 0.851. The molecule has 1 aromatic carbocycles. The van der Waals surface area contributed by atoms with Gasteiger partial charge >= 0.3 is 0 Å². The largest absolute Gasteiger partial charge is 0.389 e. The number of benzene rings is 1. The van der Waals surface area contributed by atoms with Gasteiger partial charge in [0, 0.05) is 18.2 Å². The number of thiocarbonyl (C=S) groups is 1.